The molecule has 0 radical (unpaired) electrons. The molecule has 0 fully saturated rings. The van der Waals surface area contributed by atoms with E-state index in [-0.39, 0.29) is 5.41 Å². The van der Waals surface area contributed by atoms with Gasteiger partial charge in [0.25, 0.3) is 0 Å². The molecular weight excluding hydrogens is 817 g/mol. The lowest BCUT2D eigenvalue weighted by atomic mass is 9.76. The van der Waals surface area contributed by atoms with Gasteiger partial charge in [0.05, 0.1) is 22.7 Å². The van der Waals surface area contributed by atoms with Gasteiger partial charge < -0.3 is 19.3 Å². The van der Waals surface area contributed by atoms with Gasteiger partial charge in [-0.25, -0.2) is 0 Å². The molecule has 11 aromatic rings. The van der Waals surface area contributed by atoms with Crippen molar-refractivity contribution in [2.24, 2.45) is 0 Å². The smallest absolute Gasteiger partial charge is 0.151 e. The van der Waals surface area contributed by atoms with Crippen molar-refractivity contribution in [2.75, 3.05) is 9.80 Å². The van der Waals surface area contributed by atoms with Crippen molar-refractivity contribution in [1.82, 2.24) is 0 Å². The minimum absolute atomic E-state index is 0.254. The number of hydrogen-bond donors (Lipinski definition) is 0. The maximum atomic E-state index is 6.54. The lowest BCUT2D eigenvalue weighted by molar-refractivity contribution is 0.477. The molecule has 0 atom stereocenters. The lowest BCUT2D eigenvalue weighted by Crippen LogP contribution is -2.17. The maximum Gasteiger partial charge on any atom is 0.151 e. The molecule has 0 aromatic heterocycles. The van der Waals surface area contributed by atoms with Crippen LogP contribution in [0.2, 0.25) is 0 Å². The maximum absolute atomic E-state index is 6.54. The first-order valence-corrected chi connectivity index (χ1v) is 23.1. The number of fused-ring (bicyclic) bond motifs is 10. The van der Waals surface area contributed by atoms with Crippen LogP contribution in [0.1, 0.15) is 25.0 Å². The molecule has 14 rings (SSSR count). The third-order valence-electron chi connectivity index (χ3n) is 14.4. The quantitative estimate of drug-likeness (QED) is 0.165. The minimum Gasteiger partial charge on any atom is -0.453 e. The fourth-order valence-electron chi connectivity index (χ4n) is 11.5. The second-order valence-corrected chi connectivity index (χ2v) is 18.4. The molecule has 0 bridgehead atoms. The summed E-state index contributed by atoms with van der Waals surface area (Å²) in [6, 6.07) is 79.1. The van der Waals surface area contributed by atoms with E-state index in [0.717, 1.165) is 57.1 Å². The Hall–Kier alpha value is -8.60. The zero-order valence-electron chi connectivity index (χ0n) is 37.0. The van der Waals surface area contributed by atoms with Crippen LogP contribution in [-0.2, 0) is 5.41 Å². The van der Waals surface area contributed by atoms with Crippen LogP contribution in [0.15, 0.2) is 218 Å². The van der Waals surface area contributed by atoms with Crippen LogP contribution in [0.4, 0.5) is 34.1 Å². The highest BCUT2D eigenvalue weighted by Crippen LogP contribution is 2.58. The molecule has 2 heterocycles. The van der Waals surface area contributed by atoms with Crippen LogP contribution in [0.25, 0.3) is 65.7 Å². The van der Waals surface area contributed by atoms with E-state index in [2.05, 4.69) is 218 Å². The predicted octanol–water partition coefficient (Wildman–Crippen LogP) is 17.9. The standard InChI is InChI=1S/C63H42N2O2/c1-63(2)51-24-6-5-20-43(51)47-22-16-23-48(62(47)63)61-46-36-34-40(64-52-25-7-11-29-56(52)66-57-30-12-8-26-53(57)64)37-49(46)60(44-21-15-18-39-17-3-4-19-42(39)44)45-35-33-41(38-50(45)61)65-54-27-9-13-31-58(54)67-59-32-14-10-28-55(59)65/h3-38H,1-2H3. The third kappa shape index (κ3) is 5.47. The highest BCUT2D eigenvalue weighted by atomic mass is 16.5. The summed E-state index contributed by atoms with van der Waals surface area (Å²) < 4.78 is 13.1. The largest absolute Gasteiger partial charge is 0.453 e. The van der Waals surface area contributed by atoms with Crippen molar-refractivity contribution in [3.05, 3.63) is 230 Å². The number of ether oxygens (including phenoxy) is 2. The van der Waals surface area contributed by atoms with Crippen molar-refractivity contribution in [3.8, 4) is 56.4 Å². The van der Waals surface area contributed by atoms with E-state index in [4.69, 9.17) is 9.47 Å². The van der Waals surface area contributed by atoms with E-state index in [9.17, 15) is 0 Å². The van der Waals surface area contributed by atoms with Gasteiger partial charge in [0.2, 0.25) is 0 Å². The zero-order valence-corrected chi connectivity index (χ0v) is 37.0. The van der Waals surface area contributed by atoms with Crippen molar-refractivity contribution < 1.29 is 9.47 Å². The summed E-state index contributed by atoms with van der Waals surface area (Å²) >= 11 is 0. The van der Waals surface area contributed by atoms with Gasteiger partial charge in [-0.15, -0.1) is 0 Å². The summed E-state index contributed by atoms with van der Waals surface area (Å²) in [5, 5.41) is 7.15. The van der Waals surface area contributed by atoms with Crippen molar-refractivity contribution in [2.45, 2.75) is 19.3 Å². The van der Waals surface area contributed by atoms with Crippen molar-refractivity contribution >= 4 is 66.4 Å². The highest BCUT2D eigenvalue weighted by molar-refractivity contribution is 6.25. The molecule has 2 aliphatic heterocycles. The Balaban J connectivity index is 1.14. The molecule has 11 aromatic carbocycles. The first-order valence-electron chi connectivity index (χ1n) is 23.1. The summed E-state index contributed by atoms with van der Waals surface area (Å²) in [7, 11) is 0. The fraction of sp³-hybridized carbons (Fsp3) is 0.0476. The third-order valence-corrected chi connectivity index (χ3v) is 14.4. The van der Waals surface area contributed by atoms with Crippen LogP contribution in [0, 0.1) is 0 Å². The second kappa shape index (κ2) is 14.2. The number of benzene rings is 11. The summed E-state index contributed by atoms with van der Waals surface area (Å²) in [6.45, 7) is 4.79. The van der Waals surface area contributed by atoms with Crippen LogP contribution in [0.5, 0.6) is 23.0 Å². The number of nitrogens with zero attached hydrogens (tertiary/aromatic N) is 2. The SMILES string of the molecule is CC1(C)c2ccccc2-c2cccc(-c3c4cc(N5c6ccccc6Oc6ccccc65)ccc4c(-c4cccc5ccccc45)c4cc(N5c6ccccc6Oc6ccccc65)ccc34)c21. The Morgan fingerprint density at radius 3 is 1.33 bits per heavy atom. The molecule has 316 valence electrons. The van der Waals surface area contributed by atoms with E-state index < -0.39 is 0 Å². The first kappa shape index (κ1) is 37.7. The Morgan fingerprint density at radius 2 is 0.746 bits per heavy atom. The van der Waals surface area contributed by atoms with Crippen LogP contribution in [0.3, 0.4) is 0 Å². The number of anilines is 6. The molecule has 3 aliphatic rings. The minimum atomic E-state index is -0.254. The molecule has 0 unspecified atom stereocenters. The lowest BCUT2D eigenvalue weighted by Gasteiger charge is -2.34. The van der Waals surface area contributed by atoms with Gasteiger partial charge in [0.1, 0.15) is 0 Å². The molecule has 0 N–H and O–H groups in total. The Labute approximate surface area is 389 Å². The van der Waals surface area contributed by atoms with Gasteiger partial charge >= 0.3 is 0 Å². The highest BCUT2D eigenvalue weighted by Gasteiger charge is 2.38. The van der Waals surface area contributed by atoms with Crippen LogP contribution >= 0.6 is 0 Å². The monoisotopic (exact) mass is 858 g/mol. The fourth-order valence-corrected chi connectivity index (χ4v) is 11.5. The second-order valence-electron chi connectivity index (χ2n) is 18.4. The summed E-state index contributed by atoms with van der Waals surface area (Å²) in [5.41, 5.74) is 16.1. The van der Waals surface area contributed by atoms with E-state index in [0.29, 0.717) is 0 Å². The summed E-state index contributed by atoms with van der Waals surface area (Å²) in [4.78, 5) is 4.73. The Kier molecular flexibility index (Phi) is 8.00. The van der Waals surface area contributed by atoms with Crippen LogP contribution < -0.4 is 19.3 Å². The molecule has 1 aliphatic carbocycles. The van der Waals surface area contributed by atoms with Gasteiger partial charge in [-0.2, -0.15) is 0 Å². The molecule has 0 saturated carbocycles. The Bertz CT molecular complexity index is 3790. The van der Waals surface area contributed by atoms with E-state index in [1.54, 1.807) is 0 Å². The van der Waals surface area contributed by atoms with E-state index in [1.165, 1.54) is 76.8 Å². The van der Waals surface area contributed by atoms with E-state index in [1.807, 2.05) is 24.3 Å². The Morgan fingerprint density at radius 1 is 0.328 bits per heavy atom. The summed E-state index contributed by atoms with van der Waals surface area (Å²) in [6.07, 6.45) is 0. The molecule has 0 spiro atoms. The average molecular weight is 859 g/mol. The first-order chi connectivity index (χ1) is 33.0. The molecule has 4 nitrogen and oxygen atoms in total. The number of hydrogen-bond acceptors (Lipinski definition) is 4. The van der Waals surface area contributed by atoms with Gasteiger partial charge in [0.15, 0.2) is 23.0 Å². The van der Waals surface area contributed by atoms with E-state index >= 15 is 0 Å². The molecular formula is C63H42N2O2. The topological polar surface area (TPSA) is 24.9 Å². The van der Waals surface area contributed by atoms with Gasteiger partial charge in [0, 0.05) is 16.8 Å². The molecule has 4 heteroatoms. The van der Waals surface area contributed by atoms with Crippen molar-refractivity contribution in [3.63, 3.8) is 0 Å². The van der Waals surface area contributed by atoms with Crippen molar-refractivity contribution in [1.29, 1.82) is 0 Å². The van der Waals surface area contributed by atoms with Gasteiger partial charge in [-0.1, -0.05) is 159 Å². The normalized spacial score (nSPS) is 13.8. The summed E-state index contributed by atoms with van der Waals surface area (Å²) in [5.74, 6) is 3.32. The number of para-hydroxylation sites is 8. The molecule has 0 saturated heterocycles. The zero-order chi connectivity index (χ0) is 44.4. The van der Waals surface area contributed by atoms with Crippen LogP contribution in [-0.4, -0.2) is 0 Å². The average Bonchev–Trinajstić information content (AvgIpc) is 3.62. The predicted molar refractivity (Wildman–Crippen MR) is 277 cm³/mol. The molecule has 67 heavy (non-hydrogen) atoms. The van der Waals surface area contributed by atoms with Gasteiger partial charge in [-0.05, 0) is 150 Å². The number of rotatable bonds is 4. The van der Waals surface area contributed by atoms with Gasteiger partial charge in [-0.3, -0.25) is 0 Å². The molecule has 0 amide bonds.